The maximum absolute atomic E-state index is 12.1. The maximum atomic E-state index is 12.1. The Morgan fingerprint density at radius 2 is 1.86 bits per heavy atom. The van der Waals surface area contributed by atoms with Gasteiger partial charge in [-0.2, -0.15) is 4.98 Å². The zero-order valence-electron chi connectivity index (χ0n) is 16.3. The molecule has 1 aliphatic heterocycles. The summed E-state index contributed by atoms with van der Waals surface area (Å²) < 4.78 is 28.4. The van der Waals surface area contributed by atoms with Gasteiger partial charge in [-0.1, -0.05) is 26.0 Å². The molecule has 1 aliphatic rings. The van der Waals surface area contributed by atoms with Crippen molar-refractivity contribution in [1.82, 2.24) is 9.97 Å². The predicted octanol–water partition coefficient (Wildman–Crippen LogP) is 3.03. The Morgan fingerprint density at radius 1 is 1.18 bits per heavy atom. The Morgan fingerprint density at radius 3 is 2.46 bits per heavy atom. The number of nitrogens with zero attached hydrogens (tertiary/aromatic N) is 3. The first-order valence-corrected chi connectivity index (χ1v) is 10.9. The van der Waals surface area contributed by atoms with Crippen LogP contribution >= 0.6 is 0 Å². The summed E-state index contributed by atoms with van der Waals surface area (Å²) >= 11 is 0. The van der Waals surface area contributed by atoms with Crippen molar-refractivity contribution >= 4 is 27.7 Å². The number of sulfone groups is 1. The number of amides is 1. The van der Waals surface area contributed by atoms with Crippen molar-refractivity contribution in [2.45, 2.75) is 37.8 Å². The highest BCUT2D eigenvalue weighted by atomic mass is 32.2. The highest BCUT2D eigenvalue weighted by Gasteiger charge is 2.37. The summed E-state index contributed by atoms with van der Waals surface area (Å²) in [6, 6.07) is 8.11. The van der Waals surface area contributed by atoms with E-state index in [1.807, 2.05) is 20.8 Å². The van der Waals surface area contributed by atoms with Gasteiger partial charge < -0.3 is 10.1 Å². The third kappa shape index (κ3) is 4.24. The molecule has 0 saturated carbocycles. The van der Waals surface area contributed by atoms with Crippen LogP contribution < -0.4 is 10.2 Å². The number of ether oxygens (including phenoxy) is 1. The molecule has 150 valence electrons. The molecule has 1 N–H and O–H groups in total. The molecule has 28 heavy (non-hydrogen) atoms. The van der Waals surface area contributed by atoms with Gasteiger partial charge in [0.2, 0.25) is 5.95 Å². The Hall–Kier alpha value is -2.68. The van der Waals surface area contributed by atoms with E-state index in [4.69, 9.17) is 4.74 Å². The molecule has 1 aromatic heterocycles. The zero-order valence-corrected chi connectivity index (χ0v) is 17.1. The van der Waals surface area contributed by atoms with Crippen LogP contribution in [0.2, 0.25) is 0 Å². The molecular formula is C19H24N4O4S. The lowest BCUT2D eigenvalue weighted by atomic mass is 10.0. The molecule has 2 heterocycles. The Bertz CT molecular complexity index is 960. The van der Waals surface area contributed by atoms with Crippen molar-refractivity contribution in [2.24, 2.45) is 5.92 Å². The number of nitrogens with one attached hydrogen (secondary N) is 1. The average molecular weight is 404 g/mol. The number of carbonyl (C=O) groups is 1. The molecule has 2 aromatic rings. The van der Waals surface area contributed by atoms with Crippen LogP contribution in [0.15, 0.2) is 41.4 Å². The lowest BCUT2D eigenvalue weighted by Crippen LogP contribution is -2.37. The first-order chi connectivity index (χ1) is 13.2. The summed E-state index contributed by atoms with van der Waals surface area (Å²) in [5, 5.41) is 3.19. The predicted molar refractivity (Wildman–Crippen MR) is 106 cm³/mol. The second-order valence-electron chi connectivity index (χ2n) is 7.20. The van der Waals surface area contributed by atoms with Crippen LogP contribution in [-0.2, 0) is 14.6 Å². The minimum Gasteiger partial charge on any atom is -0.447 e. The van der Waals surface area contributed by atoms with Gasteiger partial charge in [0.1, 0.15) is 12.4 Å². The third-order valence-corrected chi connectivity index (χ3v) is 5.85. The topological polar surface area (TPSA) is 101 Å². The summed E-state index contributed by atoms with van der Waals surface area (Å²) in [4.78, 5) is 22.7. The van der Waals surface area contributed by atoms with E-state index in [9.17, 15) is 13.2 Å². The summed E-state index contributed by atoms with van der Waals surface area (Å²) in [7, 11) is -3.23. The Labute approximate surface area is 164 Å². The van der Waals surface area contributed by atoms with Gasteiger partial charge in [-0.05, 0) is 36.6 Å². The number of anilines is 2. The van der Waals surface area contributed by atoms with Crippen LogP contribution in [0.3, 0.4) is 0 Å². The van der Waals surface area contributed by atoms with Gasteiger partial charge in [-0.3, -0.25) is 4.90 Å². The second kappa shape index (κ2) is 7.75. The fourth-order valence-corrected chi connectivity index (χ4v) is 3.65. The molecule has 1 aromatic carbocycles. The number of hydrogen-bond donors (Lipinski definition) is 1. The summed E-state index contributed by atoms with van der Waals surface area (Å²) in [5.74, 6) is 1.09. The van der Waals surface area contributed by atoms with Gasteiger partial charge in [0.25, 0.3) is 0 Å². The van der Waals surface area contributed by atoms with E-state index < -0.39 is 15.9 Å². The van der Waals surface area contributed by atoms with Gasteiger partial charge in [-0.15, -0.1) is 0 Å². The molecular weight excluding hydrogens is 380 g/mol. The van der Waals surface area contributed by atoms with Gasteiger partial charge in [0, 0.05) is 12.5 Å². The smallest absolute Gasteiger partial charge is 0.415 e. The Balaban J connectivity index is 1.78. The number of carbonyl (C=O) groups excluding carboxylic acids is 1. The van der Waals surface area contributed by atoms with E-state index in [0.717, 1.165) is 5.56 Å². The fourth-order valence-electron chi connectivity index (χ4n) is 3.02. The van der Waals surface area contributed by atoms with Gasteiger partial charge >= 0.3 is 6.09 Å². The normalized spacial score (nSPS) is 18.2. The van der Waals surface area contributed by atoms with Crippen molar-refractivity contribution < 1.29 is 17.9 Å². The SMILES string of the molecule is CC(Nc1nccc(N2C(=O)OC[C@@H]2C(C)C)n1)c1ccc(S(C)(=O)=O)cc1. The first kappa shape index (κ1) is 20.1. The lowest BCUT2D eigenvalue weighted by molar-refractivity contribution is 0.177. The fraction of sp³-hybridized carbons (Fsp3) is 0.421. The van der Waals surface area contributed by atoms with Crippen LogP contribution in [0.1, 0.15) is 32.4 Å². The van der Waals surface area contributed by atoms with Gasteiger partial charge in [-0.25, -0.2) is 18.2 Å². The summed E-state index contributed by atoms with van der Waals surface area (Å²) in [6.45, 7) is 6.32. The molecule has 1 saturated heterocycles. The molecule has 0 aliphatic carbocycles. The van der Waals surface area contributed by atoms with Crippen LogP contribution in [0.5, 0.6) is 0 Å². The molecule has 9 heteroatoms. The monoisotopic (exact) mass is 404 g/mol. The minimum absolute atomic E-state index is 0.0730. The van der Waals surface area contributed by atoms with E-state index in [1.54, 1.807) is 41.4 Å². The van der Waals surface area contributed by atoms with E-state index in [1.165, 1.54) is 6.26 Å². The third-order valence-electron chi connectivity index (χ3n) is 4.72. The molecule has 8 nitrogen and oxygen atoms in total. The molecule has 0 bridgehead atoms. The van der Waals surface area contributed by atoms with Gasteiger partial charge in [0.15, 0.2) is 9.84 Å². The molecule has 0 radical (unpaired) electrons. The number of hydrogen-bond acceptors (Lipinski definition) is 7. The number of benzene rings is 1. The van der Waals surface area contributed by atoms with Crippen LogP contribution in [-0.4, -0.2) is 43.4 Å². The van der Waals surface area contributed by atoms with Gasteiger partial charge in [0.05, 0.1) is 17.0 Å². The number of rotatable bonds is 6. The Kier molecular flexibility index (Phi) is 5.55. The van der Waals surface area contributed by atoms with E-state index >= 15 is 0 Å². The van der Waals surface area contributed by atoms with Crippen molar-refractivity contribution in [3.8, 4) is 0 Å². The van der Waals surface area contributed by atoms with Crippen molar-refractivity contribution in [2.75, 3.05) is 23.1 Å². The minimum atomic E-state index is -3.23. The van der Waals surface area contributed by atoms with Crippen LogP contribution in [0.25, 0.3) is 0 Å². The quantitative estimate of drug-likeness (QED) is 0.789. The summed E-state index contributed by atoms with van der Waals surface area (Å²) in [6.07, 6.45) is 2.36. The highest BCUT2D eigenvalue weighted by Crippen LogP contribution is 2.26. The lowest BCUT2D eigenvalue weighted by Gasteiger charge is -2.23. The maximum Gasteiger partial charge on any atom is 0.415 e. The van der Waals surface area contributed by atoms with Crippen LogP contribution in [0, 0.1) is 5.92 Å². The second-order valence-corrected chi connectivity index (χ2v) is 9.22. The number of aromatic nitrogens is 2. The molecule has 1 unspecified atom stereocenters. The van der Waals surface area contributed by atoms with E-state index in [-0.39, 0.29) is 22.9 Å². The molecule has 3 rings (SSSR count). The van der Waals surface area contributed by atoms with Crippen molar-refractivity contribution in [3.05, 3.63) is 42.1 Å². The standard InChI is InChI=1S/C19H24N4O4S/c1-12(2)16-11-27-19(24)23(16)17-9-10-20-18(22-17)21-13(3)14-5-7-15(8-6-14)28(4,25)26/h5-10,12-13,16H,11H2,1-4H3,(H,20,21,22)/t13?,16-/m1/s1. The molecule has 0 spiro atoms. The average Bonchev–Trinajstić information content (AvgIpc) is 3.03. The summed E-state index contributed by atoms with van der Waals surface area (Å²) in [5.41, 5.74) is 0.891. The van der Waals surface area contributed by atoms with E-state index in [2.05, 4.69) is 15.3 Å². The molecule has 1 fully saturated rings. The van der Waals surface area contributed by atoms with Crippen molar-refractivity contribution in [1.29, 1.82) is 0 Å². The van der Waals surface area contributed by atoms with Crippen molar-refractivity contribution in [3.63, 3.8) is 0 Å². The highest BCUT2D eigenvalue weighted by molar-refractivity contribution is 7.90. The molecule has 2 atom stereocenters. The number of cyclic esters (lactones) is 1. The first-order valence-electron chi connectivity index (χ1n) is 9.02. The zero-order chi connectivity index (χ0) is 20.5. The van der Waals surface area contributed by atoms with Crippen LogP contribution in [0.4, 0.5) is 16.6 Å². The van der Waals surface area contributed by atoms with E-state index in [0.29, 0.717) is 18.4 Å². The molecule has 1 amide bonds. The largest absolute Gasteiger partial charge is 0.447 e.